The number of para-hydroxylation sites is 1. The van der Waals surface area contributed by atoms with Crippen molar-refractivity contribution < 1.29 is 28.7 Å². The molecule has 2 saturated heterocycles. The zero-order valence-corrected chi connectivity index (χ0v) is 16.3. The molecule has 2 aliphatic heterocycles. The first-order valence-corrected chi connectivity index (χ1v) is 9.12. The summed E-state index contributed by atoms with van der Waals surface area (Å²) in [5.41, 5.74) is -1.03. The summed E-state index contributed by atoms with van der Waals surface area (Å²) >= 11 is 0. The van der Waals surface area contributed by atoms with Crippen LogP contribution in [0.2, 0.25) is 0 Å². The lowest BCUT2D eigenvalue weighted by atomic mass is 9.67. The van der Waals surface area contributed by atoms with Gasteiger partial charge in [-0.1, -0.05) is 12.1 Å². The smallest absolute Gasteiger partial charge is 0.430 e. The highest BCUT2D eigenvalue weighted by molar-refractivity contribution is 5.89. The van der Waals surface area contributed by atoms with Crippen LogP contribution in [0.3, 0.4) is 0 Å². The van der Waals surface area contributed by atoms with Crippen molar-refractivity contribution in [2.24, 2.45) is 5.92 Å². The average Bonchev–Trinajstić information content (AvgIpc) is 2.58. The summed E-state index contributed by atoms with van der Waals surface area (Å²) in [6.45, 7) is 7.52. The maximum Gasteiger partial charge on any atom is 0.508 e. The zero-order chi connectivity index (χ0) is 20.7. The molecule has 0 N–H and O–H groups in total. The first kappa shape index (κ1) is 20.1. The summed E-state index contributed by atoms with van der Waals surface area (Å²) in [5.74, 6) is -0.625. The Labute approximate surface area is 162 Å². The summed E-state index contributed by atoms with van der Waals surface area (Å²) in [5, 5.41) is 11.0. The van der Waals surface area contributed by atoms with Gasteiger partial charge in [-0.3, -0.25) is 14.9 Å². The first-order valence-electron chi connectivity index (χ1n) is 9.12. The van der Waals surface area contributed by atoms with Gasteiger partial charge in [-0.2, -0.15) is 0 Å². The Morgan fingerprint density at radius 2 is 2.07 bits per heavy atom. The molecule has 3 atom stereocenters. The lowest BCUT2D eigenvalue weighted by molar-refractivity contribution is -0.385. The number of carbonyl (C=O) groups is 2. The minimum absolute atomic E-state index is 0.133. The molecule has 0 radical (unpaired) electrons. The fraction of sp³-hybridized carbons (Fsp3) is 0.579. The minimum Gasteiger partial charge on any atom is -0.430 e. The van der Waals surface area contributed by atoms with Crippen LogP contribution in [0.4, 0.5) is 10.5 Å². The van der Waals surface area contributed by atoms with Crippen molar-refractivity contribution in [2.45, 2.75) is 58.1 Å². The highest BCUT2D eigenvalue weighted by Crippen LogP contribution is 2.50. The van der Waals surface area contributed by atoms with Gasteiger partial charge in [-0.25, -0.2) is 4.79 Å². The van der Waals surface area contributed by atoms with E-state index in [0.29, 0.717) is 13.0 Å². The van der Waals surface area contributed by atoms with Gasteiger partial charge in [0.1, 0.15) is 18.4 Å². The molecule has 0 saturated carbocycles. The van der Waals surface area contributed by atoms with Crippen LogP contribution in [0, 0.1) is 16.0 Å². The molecule has 2 aliphatic rings. The third-order valence-electron chi connectivity index (χ3n) is 5.55. The second-order valence-electron chi connectivity index (χ2n) is 7.80. The molecular weight excluding hydrogens is 368 g/mol. The Balaban J connectivity index is 1.61. The van der Waals surface area contributed by atoms with Crippen molar-refractivity contribution in [3.63, 3.8) is 0 Å². The molecule has 9 heteroatoms. The molecule has 1 amide bonds. The molecule has 1 aromatic carbocycles. The number of benzene rings is 1. The van der Waals surface area contributed by atoms with Crippen LogP contribution in [0.5, 0.6) is 0 Å². The molecule has 3 rings (SSSR count). The Morgan fingerprint density at radius 3 is 2.75 bits per heavy atom. The van der Waals surface area contributed by atoms with Gasteiger partial charge in [0.2, 0.25) is 5.91 Å². The van der Waals surface area contributed by atoms with E-state index >= 15 is 0 Å². The molecule has 1 unspecified atom stereocenters. The quantitative estimate of drug-likeness (QED) is 0.328. The Bertz CT molecular complexity index is 809. The van der Waals surface area contributed by atoms with Crippen molar-refractivity contribution in [1.82, 2.24) is 4.90 Å². The van der Waals surface area contributed by atoms with Gasteiger partial charge in [0.25, 0.3) is 5.69 Å². The number of hydrogen-bond donors (Lipinski definition) is 0. The van der Waals surface area contributed by atoms with Crippen LogP contribution in [-0.4, -0.2) is 45.9 Å². The number of ether oxygens (including phenoxy) is 3. The van der Waals surface area contributed by atoms with Crippen LogP contribution >= 0.6 is 0 Å². The standard InChI is InChI=1S/C19H24N2O7/c1-12(15-16(22)20-18(2,3)27-10-9-19(15,20)4)28-17(23)26-11-13-7-5-6-8-14(13)21(24)25/h5-8,12,15H,9-11H2,1-4H3/t12-,15-,19?/m1/s1. The van der Waals surface area contributed by atoms with E-state index in [1.54, 1.807) is 17.9 Å². The van der Waals surface area contributed by atoms with Crippen molar-refractivity contribution in [3.8, 4) is 0 Å². The van der Waals surface area contributed by atoms with Gasteiger partial charge in [0.15, 0.2) is 0 Å². The van der Waals surface area contributed by atoms with Crippen LogP contribution < -0.4 is 0 Å². The average molecular weight is 392 g/mol. The van der Waals surface area contributed by atoms with Gasteiger partial charge < -0.3 is 19.1 Å². The van der Waals surface area contributed by atoms with Crippen LogP contribution in [0.25, 0.3) is 0 Å². The predicted octanol–water partition coefficient (Wildman–Crippen LogP) is 3.01. The maximum absolute atomic E-state index is 12.7. The fourth-order valence-electron chi connectivity index (χ4n) is 4.36. The highest BCUT2D eigenvalue weighted by atomic mass is 16.7. The molecule has 28 heavy (non-hydrogen) atoms. The lowest BCUT2D eigenvalue weighted by Crippen LogP contribution is -2.79. The first-order chi connectivity index (χ1) is 13.1. The highest BCUT2D eigenvalue weighted by Gasteiger charge is 2.65. The molecule has 0 bridgehead atoms. The summed E-state index contributed by atoms with van der Waals surface area (Å²) in [7, 11) is 0. The molecule has 0 aliphatic carbocycles. The largest absolute Gasteiger partial charge is 0.508 e. The van der Waals surface area contributed by atoms with E-state index in [-0.39, 0.29) is 23.8 Å². The second-order valence-corrected chi connectivity index (χ2v) is 7.80. The zero-order valence-electron chi connectivity index (χ0n) is 16.3. The van der Waals surface area contributed by atoms with Gasteiger partial charge in [-0.05, 0) is 40.2 Å². The third-order valence-corrected chi connectivity index (χ3v) is 5.55. The molecule has 0 spiro atoms. The number of β-lactam (4-membered cyclic amide) rings is 1. The Morgan fingerprint density at radius 1 is 1.39 bits per heavy atom. The van der Waals surface area contributed by atoms with Gasteiger partial charge >= 0.3 is 6.16 Å². The minimum atomic E-state index is -0.966. The molecule has 2 fully saturated rings. The van der Waals surface area contributed by atoms with Crippen molar-refractivity contribution >= 4 is 17.7 Å². The van der Waals surface area contributed by atoms with Crippen molar-refractivity contribution in [1.29, 1.82) is 0 Å². The van der Waals surface area contributed by atoms with Crippen molar-refractivity contribution in [2.75, 3.05) is 6.61 Å². The maximum atomic E-state index is 12.7. The third kappa shape index (κ3) is 3.30. The predicted molar refractivity (Wildman–Crippen MR) is 97.2 cm³/mol. The lowest BCUT2D eigenvalue weighted by Gasteiger charge is -2.65. The fourth-order valence-corrected chi connectivity index (χ4v) is 4.36. The number of nitro benzene ring substituents is 1. The number of nitrogens with zero attached hydrogens (tertiary/aromatic N) is 2. The number of rotatable bonds is 5. The Hall–Kier alpha value is -2.68. The molecule has 9 nitrogen and oxygen atoms in total. The van der Waals surface area contributed by atoms with Crippen LogP contribution in [0.15, 0.2) is 24.3 Å². The van der Waals surface area contributed by atoms with E-state index in [2.05, 4.69) is 0 Å². The molecular formula is C19H24N2O7. The van der Waals surface area contributed by atoms with Gasteiger partial charge in [0.05, 0.1) is 28.6 Å². The number of carbonyl (C=O) groups excluding carboxylic acids is 2. The molecule has 2 heterocycles. The normalized spacial score (nSPS) is 26.6. The monoisotopic (exact) mass is 392 g/mol. The van der Waals surface area contributed by atoms with E-state index in [4.69, 9.17) is 14.2 Å². The summed E-state index contributed by atoms with van der Waals surface area (Å²) in [6.07, 6.45) is -1.01. The number of fused-ring (bicyclic) bond motifs is 1. The topological polar surface area (TPSA) is 108 Å². The molecule has 1 aromatic rings. The van der Waals surface area contributed by atoms with E-state index < -0.39 is 34.4 Å². The summed E-state index contributed by atoms with van der Waals surface area (Å²) < 4.78 is 16.0. The second kappa shape index (κ2) is 7.05. The van der Waals surface area contributed by atoms with Gasteiger partial charge in [0, 0.05) is 6.07 Å². The summed E-state index contributed by atoms with van der Waals surface area (Å²) in [6, 6.07) is 6.00. The van der Waals surface area contributed by atoms with E-state index in [9.17, 15) is 19.7 Å². The van der Waals surface area contributed by atoms with E-state index in [1.807, 2.05) is 20.8 Å². The van der Waals surface area contributed by atoms with Gasteiger partial charge in [-0.15, -0.1) is 0 Å². The SMILES string of the molecule is C[C@@H](OC(=O)OCc1ccccc1[N+](=O)[O-])[C@@H]1C(=O)N2C(C)(C)OCCC12C. The Kier molecular flexibility index (Phi) is 5.05. The van der Waals surface area contributed by atoms with Crippen LogP contribution in [0.1, 0.15) is 39.7 Å². The number of amides is 1. The molecule has 0 aromatic heterocycles. The van der Waals surface area contributed by atoms with E-state index in [0.717, 1.165) is 0 Å². The van der Waals surface area contributed by atoms with E-state index in [1.165, 1.54) is 18.2 Å². The summed E-state index contributed by atoms with van der Waals surface area (Å²) in [4.78, 5) is 36.9. The number of hydrogen-bond acceptors (Lipinski definition) is 7. The molecule has 152 valence electrons. The number of nitro groups is 1. The van der Waals surface area contributed by atoms with Crippen molar-refractivity contribution in [3.05, 3.63) is 39.9 Å². The van der Waals surface area contributed by atoms with Crippen LogP contribution in [-0.2, 0) is 25.6 Å².